The molecule has 2 fully saturated rings. The zero-order chi connectivity index (χ0) is 23.4. The van der Waals surface area contributed by atoms with Crippen LogP contribution in [0.5, 0.6) is 0 Å². The maximum absolute atomic E-state index is 13.8. The molecule has 2 saturated heterocycles. The lowest BCUT2D eigenvalue weighted by atomic mass is 9.95. The zero-order valence-electron chi connectivity index (χ0n) is 18.2. The molecule has 2 aromatic rings. The third-order valence-corrected chi connectivity index (χ3v) is 8.34. The lowest BCUT2D eigenvalue weighted by Gasteiger charge is -2.33. The number of morpholine rings is 1. The predicted octanol–water partition coefficient (Wildman–Crippen LogP) is 3.03. The number of hydrogen-bond acceptors (Lipinski definition) is 5. The molecule has 0 radical (unpaired) electrons. The third-order valence-electron chi connectivity index (χ3n) is 6.14. The molecule has 2 aliphatic rings. The normalized spacial score (nSPS) is 18.3. The number of sulfonamides is 1. The fraction of sp³-hybridized carbons (Fsp3) is 0.435. The lowest BCUT2D eigenvalue weighted by molar-refractivity contribution is -0.125. The van der Waals surface area contributed by atoms with E-state index in [1.165, 1.54) is 16.4 Å². The fourth-order valence-electron chi connectivity index (χ4n) is 4.19. The molecule has 4 rings (SSSR count). The minimum Gasteiger partial charge on any atom is -0.379 e. The number of carbonyl (C=O) groups is 1. The highest BCUT2D eigenvalue weighted by atomic mass is 35.5. The molecule has 0 atom stereocenters. The average Bonchev–Trinajstić information content (AvgIpc) is 2.84. The smallest absolute Gasteiger partial charge is 0.243 e. The van der Waals surface area contributed by atoms with Gasteiger partial charge in [-0.1, -0.05) is 29.8 Å². The van der Waals surface area contributed by atoms with Crippen LogP contribution in [0.1, 0.15) is 18.4 Å². The Morgan fingerprint density at radius 2 is 1.79 bits per heavy atom. The van der Waals surface area contributed by atoms with E-state index >= 15 is 0 Å². The van der Waals surface area contributed by atoms with Crippen LogP contribution in [0.3, 0.4) is 0 Å². The molecule has 0 aliphatic carbocycles. The van der Waals surface area contributed by atoms with E-state index in [0.29, 0.717) is 62.8 Å². The molecule has 0 bridgehead atoms. The van der Waals surface area contributed by atoms with Crippen molar-refractivity contribution >= 4 is 33.2 Å². The van der Waals surface area contributed by atoms with Gasteiger partial charge >= 0.3 is 0 Å². The van der Waals surface area contributed by atoms with Gasteiger partial charge in [0.2, 0.25) is 15.9 Å². The minimum atomic E-state index is -3.61. The molecule has 0 saturated carbocycles. The maximum atomic E-state index is 13.8. The van der Waals surface area contributed by atoms with E-state index in [1.54, 1.807) is 30.3 Å². The maximum Gasteiger partial charge on any atom is 0.243 e. The van der Waals surface area contributed by atoms with Crippen LogP contribution in [-0.2, 0) is 26.1 Å². The summed E-state index contributed by atoms with van der Waals surface area (Å²) in [5.74, 6) is -0.579. The van der Waals surface area contributed by atoms with Crippen LogP contribution in [0.25, 0.3) is 0 Å². The summed E-state index contributed by atoms with van der Waals surface area (Å²) in [6, 6.07) is 11.2. The van der Waals surface area contributed by atoms with Gasteiger partial charge in [0.25, 0.3) is 0 Å². The van der Waals surface area contributed by atoms with Crippen molar-refractivity contribution in [2.24, 2.45) is 5.92 Å². The molecule has 7 nitrogen and oxygen atoms in total. The van der Waals surface area contributed by atoms with Gasteiger partial charge in [-0.05, 0) is 37.1 Å². The number of hydrogen-bond donors (Lipinski definition) is 1. The number of carbonyl (C=O) groups excluding carboxylic acids is 1. The van der Waals surface area contributed by atoms with Gasteiger partial charge in [0.05, 0.1) is 28.8 Å². The molecule has 0 aromatic heterocycles. The van der Waals surface area contributed by atoms with Crippen molar-refractivity contribution in [1.29, 1.82) is 0 Å². The molecule has 1 amide bonds. The van der Waals surface area contributed by atoms with Crippen LogP contribution in [0.15, 0.2) is 47.4 Å². The Bertz CT molecular complexity index is 1100. The SMILES string of the molecule is O=C(NCc1ccccc1F)C1CCN(c2ccc(S(=O)(=O)N3CCOCC3)cc2Cl)CC1. The lowest BCUT2D eigenvalue weighted by Crippen LogP contribution is -2.41. The van der Waals surface area contributed by atoms with Gasteiger partial charge in [-0.15, -0.1) is 0 Å². The summed E-state index contributed by atoms with van der Waals surface area (Å²) in [6.45, 7) is 2.82. The van der Waals surface area contributed by atoms with Crippen LogP contribution in [-0.4, -0.2) is 58.0 Å². The summed E-state index contributed by atoms with van der Waals surface area (Å²) < 4.78 is 46.1. The van der Waals surface area contributed by atoms with Crippen molar-refractivity contribution in [3.63, 3.8) is 0 Å². The molecule has 0 unspecified atom stereocenters. The van der Waals surface area contributed by atoms with Gasteiger partial charge in [-0.25, -0.2) is 12.8 Å². The Hall–Kier alpha value is -2.20. The van der Waals surface area contributed by atoms with Crippen molar-refractivity contribution in [3.8, 4) is 0 Å². The highest BCUT2D eigenvalue weighted by Gasteiger charge is 2.29. The summed E-state index contributed by atoms with van der Waals surface area (Å²) in [4.78, 5) is 14.8. The fourth-order valence-corrected chi connectivity index (χ4v) is 5.99. The highest BCUT2D eigenvalue weighted by molar-refractivity contribution is 7.89. The molecular formula is C23H27ClFN3O4S. The molecule has 2 aliphatic heterocycles. The average molecular weight is 496 g/mol. The number of ether oxygens (including phenoxy) is 1. The van der Waals surface area contributed by atoms with E-state index in [-0.39, 0.29) is 29.1 Å². The molecule has 2 aromatic carbocycles. The number of halogens is 2. The van der Waals surface area contributed by atoms with Crippen LogP contribution in [0.4, 0.5) is 10.1 Å². The quantitative estimate of drug-likeness (QED) is 0.666. The van der Waals surface area contributed by atoms with Gasteiger partial charge in [0.1, 0.15) is 5.82 Å². The number of anilines is 1. The first-order valence-electron chi connectivity index (χ1n) is 11.0. The van der Waals surface area contributed by atoms with E-state index in [1.807, 2.05) is 0 Å². The number of rotatable bonds is 6. The summed E-state index contributed by atoms with van der Waals surface area (Å²) in [6.07, 6.45) is 1.26. The molecule has 33 heavy (non-hydrogen) atoms. The van der Waals surface area contributed by atoms with Crippen LogP contribution >= 0.6 is 11.6 Å². The Morgan fingerprint density at radius 3 is 2.45 bits per heavy atom. The second-order valence-corrected chi connectivity index (χ2v) is 10.5. The van der Waals surface area contributed by atoms with Crippen LogP contribution in [0.2, 0.25) is 5.02 Å². The Kier molecular flexibility index (Phi) is 7.53. The van der Waals surface area contributed by atoms with E-state index < -0.39 is 10.0 Å². The first kappa shape index (κ1) is 23.9. The highest BCUT2D eigenvalue weighted by Crippen LogP contribution is 2.32. The summed E-state index contributed by atoms with van der Waals surface area (Å²) in [7, 11) is -3.61. The van der Waals surface area contributed by atoms with Gasteiger partial charge < -0.3 is 15.0 Å². The summed E-state index contributed by atoms with van der Waals surface area (Å²) in [5, 5.41) is 3.19. The number of nitrogens with one attached hydrogen (secondary N) is 1. The van der Waals surface area contributed by atoms with Crippen molar-refractivity contribution in [2.45, 2.75) is 24.3 Å². The molecule has 10 heteroatoms. The topological polar surface area (TPSA) is 79.0 Å². The molecule has 178 valence electrons. The summed E-state index contributed by atoms with van der Waals surface area (Å²) in [5.41, 5.74) is 1.21. The van der Waals surface area contributed by atoms with Gasteiger partial charge in [-0.2, -0.15) is 4.31 Å². The summed E-state index contributed by atoms with van der Waals surface area (Å²) >= 11 is 6.47. The van der Waals surface area contributed by atoms with E-state index in [4.69, 9.17) is 16.3 Å². The Labute approximate surface area is 198 Å². The molecule has 0 spiro atoms. The largest absolute Gasteiger partial charge is 0.379 e. The van der Waals surface area contributed by atoms with Crippen LogP contribution < -0.4 is 10.2 Å². The molecule has 1 N–H and O–H groups in total. The number of amides is 1. The van der Waals surface area contributed by atoms with E-state index in [9.17, 15) is 17.6 Å². The van der Waals surface area contributed by atoms with Gasteiger partial charge in [-0.3, -0.25) is 4.79 Å². The van der Waals surface area contributed by atoms with E-state index in [0.717, 1.165) is 5.69 Å². The molecular weight excluding hydrogens is 469 g/mol. The number of nitrogens with zero attached hydrogens (tertiary/aromatic N) is 2. The van der Waals surface area contributed by atoms with Crippen molar-refractivity contribution in [1.82, 2.24) is 9.62 Å². The number of piperidine rings is 1. The predicted molar refractivity (Wildman–Crippen MR) is 124 cm³/mol. The second kappa shape index (κ2) is 10.4. The first-order chi connectivity index (χ1) is 15.9. The van der Waals surface area contributed by atoms with Crippen LogP contribution in [0, 0.1) is 11.7 Å². The Morgan fingerprint density at radius 1 is 1.09 bits per heavy atom. The van der Waals surface area contributed by atoms with Crippen molar-refractivity contribution < 1.29 is 22.3 Å². The monoisotopic (exact) mass is 495 g/mol. The third kappa shape index (κ3) is 5.48. The standard InChI is InChI=1S/C23H27ClFN3O4S/c24-20-15-19(33(30,31)28-11-13-32-14-12-28)5-6-22(20)27-9-7-17(8-10-27)23(29)26-16-18-3-1-2-4-21(18)25/h1-6,15,17H,7-14,16H2,(H,26,29). The minimum absolute atomic E-state index is 0.0871. The molecule has 2 heterocycles. The Balaban J connectivity index is 1.34. The zero-order valence-corrected chi connectivity index (χ0v) is 19.7. The van der Waals surface area contributed by atoms with E-state index in [2.05, 4.69) is 10.2 Å². The second-order valence-electron chi connectivity index (χ2n) is 8.20. The van der Waals surface area contributed by atoms with Gasteiger partial charge in [0.15, 0.2) is 0 Å². The first-order valence-corrected chi connectivity index (χ1v) is 12.8. The van der Waals surface area contributed by atoms with Crippen molar-refractivity contribution in [2.75, 3.05) is 44.3 Å². The van der Waals surface area contributed by atoms with Crippen molar-refractivity contribution in [3.05, 3.63) is 58.9 Å². The number of benzene rings is 2. The van der Waals surface area contributed by atoms with Gasteiger partial charge in [0, 0.05) is 44.2 Å².